The highest BCUT2D eigenvalue weighted by atomic mass is 32.2. The summed E-state index contributed by atoms with van der Waals surface area (Å²) < 4.78 is 0. The first kappa shape index (κ1) is 9.93. The third kappa shape index (κ3) is 1.64. The zero-order valence-electron chi connectivity index (χ0n) is 8.18. The molecule has 0 amide bonds. The summed E-state index contributed by atoms with van der Waals surface area (Å²) in [7, 11) is 0. The van der Waals surface area contributed by atoms with Gasteiger partial charge in [0.25, 0.3) is 0 Å². The van der Waals surface area contributed by atoms with Crippen LogP contribution in [-0.4, -0.2) is 26.1 Å². The fourth-order valence-corrected chi connectivity index (χ4v) is 3.04. The van der Waals surface area contributed by atoms with Crippen molar-refractivity contribution < 1.29 is 5.11 Å². The van der Waals surface area contributed by atoms with E-state index in [1.54, 1.807) is 12.4 Å². The molecular formula is C10H14N2OS. The number of hydrogen-bond donors (Lipinski definition) is 1. The van der Waals surface area contributed by atoms with E-state index < -0.39 is 5.60 Å². The molecule has 2 unspecified atom stereocenters. The quantitative estimate of drug-likeness (QED) is 0.764. The SMILES string of the molecule is CC1SCCCC1(O)c1cncnc1. The Morgan fingerprint density at radius 2 is 2.21 bits per heavy atom. The van der Waals surface area contributed by atoms with Gasteiger partial charge in [-0.1, -0.05) is 6.92 Å². The summed E-state index contributed by atoms with van der Waals surface area (Å²) in [6.45, 7) is 2.07. The Morgan fingerprint density at radius 3 is 2.86 bits per heavy atom. The lowest BCUT2D eigenvalue weighted by molar-refractivity contribution is 0.0247. The first-order valence-corrected chi connectivity index (χ1v) is 5.88. The first-order valence-electron chi connectivity index (χ1n) is 4.83. The lowest BCUT2D eigenvalue weighted by Gasteiger charge is -2.37. The maximum Gasteiger partial charge on any atom is 0.115 e. The normalized spacial score (nSPS) is 32.9. The third-order valence-corrected chi connectivity index (χ3v) is 4.22. The van der Waals surface area contributed by atoms with Gasteiger partial charge < -0.3 is 5.11 Å². The predicted molar refractivity (Wildman–Crippen MR) is 57.1 cm³/mol. The van der Waals surface area contributed by atoms with Crippen LogP contribution in [0.2, 0.25) is 0 Å². The average Bonchev–Trinajstić information content (AvgIpc) is 2.24. The van der Waals surface area contributed by atoms with E-state index in [2.05, 4.69) is 16.9 Å². The molecule has 1 aliphatic heterocycles. The van der Waals surface area contributed by atoms with Crippen LogP contribution in [0.4, 0.5) is 0 Å². The molecule has 0 spiro atoms. The molecule has 1 aliphatic rings. The Kier molecular flexibility index (Phi) is 2.74. The summed E-state index contributed by atoms with van der Waals surface area (Å²) in [5.41, 5.74) is 0.115. The zero-order chi connectivity index (χ0) is 10.0. The van der Waals surface area contributed by atoms with E-state index in [1.807, 2.05) is 11.8 Å². The molecule has 0 aliphatic carbocycles. The molecule has 1 aromatic heterocycles. The Bertz CT molecular complexity index is 306. The Balaban J connectivity index is 2.30. The second kappa shape index (κ2) is 3.87. The van der Waals surface area contributed by atoms with E-state index in [0.29, 0.717) is 0 Å². The van der Waals surface area contributed by atoms with E-state index in [4.69, 9.17) is 0 Å². The molecule has 1 aromatic rings. The van der Waals surface area contributed by atoms with Crippen molar-refractivity contribution in [2.24, 2.45) is 0 Å². The molecule has 1 N–H and O–H groups in total. The topological polar surface area (TPSA) is 46.0 Å². The fourth-order valence-electron chi connectivity index (χ4n) is 1.84. The molecule has 14 heavy (non-hydrogen) atoms. The highest BCUT2D eigenvalue weighted by Crippen LogP contribution is 2.40. The van der Waals surface area contributed by atoms with Crippen LogP contribution in [0.25, 0.3) is 0 Å². The maximum atomic E-state index is 10.5. The molecule has 0 bridgehead atoms. The third-order valence-electron chi connectivity index (χ3n) is 2.80. The fraction of sp³-hybridized carbons (Fsp3) is 0.600. The molecule has 4 heteroatoms. The minimum absolute atomic E-state index is 0.224. The highest BCUT2D eigenvalue weighted by molar-refractivity contribution is 8.00. The van der Waals surface area contributed by atoms with Crippen LogP contribution < -0.4 is 0 Å². The summed E-state index contributed by atoms with van der Waals surface area (Å²) in [6.07, 6.45) is 6.80. The molecule has 1 saturated heterocycles. The van der Waals surface area contributed by atoms with Crippen LogP contribution in [0.3, 0.4) is 0 Å². The van der Waals surface area contributed by atoms with Crippen molar-refractivity contribution in [1.29, 1.82) is 0 Å². The minimum Gasteiger partial charge on any atom is -0.384 e. The van der Waals surface area contributed by atoms with Gasteiger partial charge in [-0.05, 0) is 18.6 Å². The molecule has 0 aromatic carbocycles. The van der Waals surface area contributed by atoms with Crippen LogP contribution in [0, 0.1) is 0 Å². The summed E-state index contributed by atoms with van der Waals surface area (Å²) >= 11 is 1.81. The van der Waals surface area contributed by atoms with Crippen molar-refractivity contribution in [3.8, 4) is 0 Å². The summed E-state index contributed by atoms with van der Waals surface area (Å²) in [6, 6.07) is 0. The van der Waals surface area contributed by atoms with E-state index in [-0.39, 0.29) is 5.25 Å². The van der Waals surface area contributed by atoms with Gasteiger partial charge in [-0.3, -0.25) is 0 Å². The van der Waals surface area contributed by atoms with Crippen LogP contribution >= 0.6 is 11.8 Å². The van der Waals surface area contributed by atoms with Gasteiger partial charge >= 0.3 is 0 Å². The van der Waals surface area contributed by atoms with Crippen molar-refractivity contribution in [3.05, 3.63) is 24.3 Å². The molecule has 1 fully saturated rings. The zero-order valence-corrected chi connectivity index (χ0v) is 9.00. The monoisotopic (exact) mass is 210 g/mol. The van der Waals surface area contributed by atoms with Gasteiger partial charge in [-0.2, -0.15) is 11.8 Å². The Morgan fingerprint density at radius 1 is 1.50 bits per heavy atom. The second-order valence-corrected chi connectivity index (χ2v) is 5.12. The predicted octanol–water partition coefficient (Wildman–Crippen LogP) is 1.58. The molecule has 2 heterocycles. The van der Waals surface area contributed by atoms with E-state index >= 15 is 0 Å². The number of hydrogen-bond acceptors (Lipinski definition) is 4. The standard InChI is InChI=1S/C10H14N2OS/c1-8-10(13,3-2-4-14-8)9-5-11-7-12-6-9/h5-8,13H,2-4H2,1H3. The molecule has 3 nitrogen and oxygen atoms in total. The van der Waals surface area contributed by atoms with Crippen LogP contribution in [0.1, 0.15) is 25.3 Å². The lowest BCUT2D eigenvalue weighted by atomic mass is 9.88. The Labute approximate surface area is 88.0 Å². The summed E-state index contributed by atoms with van der Waals surface area (Å²) in [5, 5.41) is 10.7. The van der Waals surface area contributed by atoms with E-state index in [0.717, 1.165) is 24.2 Å². The van der Waals surface area contributed by atoms with Gasteiger partial charge in [0.05, 0.1) is 0 Å². The molecule has 2 atom stereocenters. The first-order chi connectivity index (χ1) is 6.73. The van der Waals surface area contributed by atoms with Gasteiger partial charge in [0.15, 0.2) is 0 Å². The van der Waals surface area contributed by atoms with Crippen molar-refractivity contribution in [3.63, 3.8) is 0 Å². The number of aromatic nitrogens is 2. The van der Waals surface area contributed by atoms with Crippen LogP contribution in [-0.2, 0) is 5.60 Å². The lowest BCUT2D eigenvalue weighted by Crippen LogP contribution is -2.38. The van der Waals surface area contributed by atoms with Crippen molar-refractivity contribution in [1.82, 2.24) is 9.97 Å². The Hall–Kier alpha value is -0.610. The molecule has 0 saturated carbocycles. The average molecular weight is 210 g/mol. The minimum atomic E-state index is -0.732. The highest BCUT2D eigenvalue weighted by Gasteiger charge is 2.38. The van der Waals surface area contributed by atoms with Crippen LogP contribution in [0.5, 0.6) is 0 Å². The van der Waals surface area contributed by atoms with Crippen molar-refractivity contribution in [2.45, 2.75) is 30.6 Å². The molecule has 76 valence electrons. The van der Waals surface area contributed by atoms with Crippen molar-refractivity contribution >= 4 is 11.8 Å². The number of thioether (sulfide) groups is 1. The molecule has 2 rings (SSSR count). The van der Waals surface area contributed by atoms with Crippen molar-refractivity contribution in [2.75, 3.05) is 5.75 Å². The number of aliphatic hydroxyl groups is 1. The van der Waals surface area contributed by atoms with Gasteiger partial charge in [0, 0.05) is 23.2 Å². The maximum absolute atomic E-state index is 10.5. The van der Waals surface area contributed by atoms with E-state index in [9.17, 15) is 5.11 Å². The molecular weight excluding hydrogens is 196 g/mol. The van der Waals surface area contributed by atoms with E-state index in [1.165, 1.54) is 6.33 Å². The number of nitrogens with zero attached hydrogens (tertiary/aromatic N) is 2. The smallest absolute Gasteiger partial charge is 0.115 e. The largest absolute Gasteiger partial charge is 0.384 e. The van der Waals surface area contributed by atoms with Crippen LogP contribution in [0.15, 0.2) is 18.7 Å². The van der Waals surface area contributed by atoms with Gasteiger partial charge in [-0.15, -0.1) is 0 Å². The van der Waals surface area contributed by atoms with Gasteiger partial charge in [0.1, 0.15) is 11.9 Å². The second-order valence-electron chi connectivity index (χ2n) is 3.67. The summed E-state index contributed by atoms with van der Waals surface area (Å²) in [4.78, 5) is 7.92. The van der Waals surface area contributed by atoms with Gasteiger partial charge in [0.2, 0.25) is 0 Å². The number of rotatable bonds is 1. The van der Waals surface area contributed by atoms with Gasteiger partial charge in [-0.25, -0.2) is 9.97 Å². The molecule has 0 radical (unpaired) electrons. The summed E-state index contributed by atoms with van der Waals surface area (Å²) in [5.74, 6) is 1.14.